The third-order valence-corrected chi connectivity index (χ3v) is 5.70. The summed E-state index contributed by atoms with van der Waals surface area (Å²) in [4.78, 5) is 25.5. The van der Waals surface area contributed by atoms with E-state index in [1.165, 1.54) is 11.4 Å². The summed E-state index contributed by atoms with van der Waals surface area (Å²) >= 11 is 0. The topological polar surface area (TPSA) is 49.4 Å². The number of anilines is 1. The maximum absolute atomic E-state index is 12.9. The fourth-order valence-electron chi connectivity index (χ4n) is 4.73. The van der Waals surface area contributed by atoms with Gasteiger partial charge in [-0.3, -0.25) is 15.0 Å². The Kier molecular flexibility index (Phi) is 2.06. The summed E-state index contributed by atoms with van der Waals surface area (Å²) in [5, 5.41) is 1.45. The van der Waals surface area contributed by atoms with Crippen LogP contribution in [0.1, 0.15) is 6.42 Å². The van der Waals surface area contributed by atoms with Gasteiger partial charge in [0.25, 0.3) is 0 Å². The maximum atomic E-state index is 12.9. The fourth-order valence-corrected chi connectivity index (χ4v) is 4.73. The summed E-state index contributed by atoms with van der Waals surface area (Å²) < 4.78 is 0. The number of hydrogen-bond acceptors (Lipinski definition) is 2. The highest BCUT2D eigenvalue weighted by Gasteiger charge is 2.64. The van der Waals surface area contributed by atoms with E-state index in [1.807, 2.05) is 30.3 Å². The molecule has 5 aliphatic rings. The van der Waals surface area contributed by atoms with Crippen LogP contribution in [0.3, 0.4) is 0 Å². The van der Waals surface area contributed by atoms with Crippen LogP contribution in [-0.2, 0) is 9.59 Å². The van der Waals surface area contributed by atoms with Gasteiger partial charge in [-0.2, -0.15) is 0 Å². The minimum Gasteiger partial charge on any atom is -0.273 e. The van der Waals surface area contributed by atoms with Gasteiger partial charge in [0.05, 0.1) is 17.5 Å². The third kappa shape index (κ3) is 1.40. The number of para-hydroxylation sites is 1. The van der Waals surface area contributed by atoms with E-state index < -0.39 is 0 Å². The standard InChI is InChI=1S/C17H16N2O2/c20-16-14-10-6-7-11(13-8-12(10)13)15(14)17(21)19(18-16)9-4-2-1-3-5-9/h1-7,10-15H,8H2,(H,18,20)/t10-,11+,12+,13+,14+,15-/m1/s1. The summed E-state index contributed by atoms with van der Waals surface area (Å²) in [5.74, 6) is 1.54. The van der Waals surface area contributed by atoms with Crippen molar-refractivity contribution in [3.63, 3.8) is 0 Å². The first-order chi connectivity index (χ1) is 10.3. The summed E-state index contributed by atoms with van der Waals surface area (Å²) in [6.45, 7) is 0. The lowest BCUT2D eigenvalue weighted by Crippen LogP contribution is -2.64. The Morgan fingerprint density at radius 2 is 1.62 bits per heavy atom. The maximum Gasteiger partial charge on any atom is 0.250 e. The Hall–Kier alpha value is -2.10. The number of rotatable bonds is 1. The molecule has 2 bridgehead atoms. The molecule has 21 heavy (non-hydrogen) atoms. The predicted molar refractivity (Wildman–Crippen MR) is 76.8 cm³/mol. The Labute approximate surface area is 122 Å². The fraction of sp³-hybridized carbons (Fsp3) is 0.412. The number of hydrogen-bond donors (Lipinski definition) is 1. The number of benzene rings is 1. The molecule has 0 radical (unpaired) electrons. The highest BCUT2D eigenvalue weighted by atomic mass is 16.2. The molecule has 0 spiro atoms. The van der Waals surface area contributed by atoms with Crippen molar-refractivity contribution in [3.05, 3.63) is 42.5 Å². The molecule has 1 N–H and O–H groups in total. The molecule has 6 atom stereocenters. The number of allylic oxidation sites excluding steroid dienone is 2. The minimum absolute atomic E-state index is 0.00755. The van der Waals surface area contributed by atoms with Gasteiger partial charge in [-0.05, 0) is 42.2 Å². The summed E-state index contributed by atoms with van der Waals surface area (Å²) in [6, 6.07) is 9.38. The van der Waals surface area contributed by atoms with E-state index in [-0.39, 0.29) is 35.5 Å². The van der Waals surface area contributed by atoms with Crippen LogP contribution >= 0.6 is 0 Å². The summed E-state index contributed by atoms with van der Waals surface area (Å²) in [5.41, 5.74) is 3.56. The first-order valence-corrected chi connectivity index (χ1v) is 7.63. The minimum atomic E-state index is -0.169. The van der Waals surface area contributed by atoms with Gasteiger partial charge in [-0.1, -0.05) is 30.4 Å². The number of carbonyl (C=O) groups is 2. The average Bonchev–Trinajstić information content (AvgIpc) is 3.33. The predicted octanol–water partition coefficient (Wildman–Crippen LogP) is 1.75. The number of nitrogens with zero attached hydrogens (tertiary/aromatic N) is 1. The van der Waals surface area contributed by atoms with Crippen molar-refractivity contribution in [1.29, 1.82) is 0 Å². The van der Waals surface area contributed by atoms with Crippen LogP contribution in [0, 0.1) is 35.5 Å². The Balaban J connectivity index is 1.56. The lowest BCUT2D eigenvalue weighted by Gasteiger charge is -2.48. The molecule has 2 amide bonds. The van der Waals surface area contributed by atoms with Crippen molar-refractivity contribution in [2.45, 2.75) is 6.42 Å². The second-order valence-corrected chi connectivity index (χ2v) is 6.64. The van der Waals surface area contributed by atoms with Crippen LogP contribution in [0.15, 0.2) is 42.5 Å². The Morgan fingerprint density at radius 1 is 0.952 bits per heavy atom. The van der Waals surface area contributed by atoms with E-state index in [9.17, 15) is 9.59 Å². The molecule has 1 heterocycles. The first-order valence-electron chi connectivity index (χ1n) is 7.63. The lowest BCUT2D eigenvalue weighted by molar-refractivity contribution is -0.146. The van der Waals surface area contributed by atoms with Crippen molar-refractivity contribution < 1.29 is 9.59 Å². The van der Waals surface area contributed by atoms with Gasteiger partial charge in [0.2, 0.25) is 11.8 Å². The second-order valence-electron chi connectivity index (χ2n) is 6.64. The van der Waals surface area contributed by atoms with E-state index in [4.69, 9.17) is 0 Å². The van der Waals surface area contributed by atoms with Crippen LogP contribution in [0.4, 0.5) is 5.69 Å². The van der Waals surface area contributed by atoms with Gasteiger partial charge in [0.1, 0.15) is 0 Å². The monoisotopic (exact) mass is 280 g/mol. The Morgan fingerprint density at radius 3 is 2.33 bits per heavy atom. The molecule has 106 valence electrons. The smallest absolute Gasteiger partial charge is 0.250 e. The van der Waals surface area contributed by atoms with Gasteiger partial charge < -0.3 is 0 Å². The molecule has 0 aromatic heterocycles. The summed E-state index contributed by atoms with van der Waals surface area (Å²) in [7, 11) is 0. The van der Waals surface area contributed by atoms with Crippen LogP contribution < -0.4 is 10.4 Å². The Bertz CT molecular complexity index is 669. The van der Waals surface area contributed by atoms with E-state index in [1.54, 1.807) is 0 Å². The number of amides is 2. The van der Waals surface area contributed by atoms with Crippen molar-refractivity contribution >= 4 is 17.5 Å². The highest BCUT2D eigenvalue weighted by Crippen LogP contribution is 2.64. The van der Waals surface area contributed by atoms with Crippen molar-refractivity contribution in [3.8, 4) is 0 Å². The van der Waals surface area contributed by atoms with Crippen molar-refractivity contribution in [2.75, 3.05) is 5.01 Å². The normalized spacial score (nSPS) is 42.4. The van der Waals surface area contributed by atoms with Crippen molar-refractivity contribution in [2.24, 2.45) is 35.5 Å². The van der Waals surface area contributed by atoms with Crippen LogP contribution in [-0.4, -0.2) is 11.8 Å². The number of carbonyl (C=O) groups excluding carboxylic acids is 2. The third-order valence-electron chi connectivity index (χ3n) is 5.70. The van der Waals surface area contributed by atoms with Crippen LogP contribution in [0.25, 0.3) is 0 Å². The molecule has 1 aromatic carbocycles. The number of hydrazine groups is 1. The summed E-state index contributed by atoms with van der Waals surface area (Å²) in [6.07, 6.45) is 5.56. The van der Waals surface area contributed by atoms with Gasteiger partial charge >= 0.3 is 0 Å². The molecular formula is C17H16N2O2. The zero-order valence-electron chi connectivity index (χ0n) is 11.5. The largest absolute Gasteiger partial charge is 0.273 e. The zero-order chi connectivity index (χ0) is 14.1. The molecule has 0 unspecified atom stereocenters. The zero-order valence-corrected chi connectivity index (χ0v) is 11.5. The molecule has 4 heteroatoms. The first kappa shape index (κ1) is 11.5. The molecule has 2 saturated carbocycles. The van der Waals surface area contributed by atoms with Crippen LogP contribution in [0.5, 0.6) is 0 Å². The van der Waals surface area contributed by atoms with E-state index in [0.29, 0.717) is 11.8 Å². The number of nitrogens with one attached hydrogen (secondary N) is 1. The average molecular weight is 280 g/mol. The molecule has 1 aliphatic heterocycles. The molecule has 3 fully saturated rings. The highest BCUT2D eigenvalue weighted by molar-refractivity contribution is 6.04. The lowest BCUT2D eigenvalue weighted by atomic mass is 9.61. The molecule has 4 nitrogen and oxygen atoms in total. The van der Waals surface area contributed by atoms with E-state index >= 15 is 0 Å². The van der Waals surface area contributed by atoms with E-state index in [2.05, 4.69) is 17.6 Å². The second kappa shape index (κ2) is 3.75. The van der Waals surface area contributed by atoms with Gasteiger partial charge in [-0.15, -0.1) is 0 Å². The molecule has 4 aliphatic carbocycles. The molecule has 1 saturated heterocycles. The molecule has 6 rings (SSSR count). The van der Waals surface area contributed by atoms with Gasteiger partial charge in [0.15, 0.2) is 0 Å². The van der Waals surface area contributed by atoms with E-state index in [0.717, 1.165) is 5.69 Å². The molecule has 1 aromatic rings. The van der Waals surface area contributed by atoms with Crippen molar-refractivity contribution in [1.82, 2.24) is 5.43 Å². The molecular weight excluding hydrogens is 264 g/mol. The van der Waals surface area contributed by atoms with Gasteiger partial charge in [-0.25, -0.2) is 5.01 Å². The van der Waals surface area contributed by atoms with Gasteiger partial charge in [0, 0.05) is 0 Å². The SMILES string of the molecule is O=C1NN(c2ccccc2)C(=O)[C@@H]2[C@H]3C=C[C@H]([C@@H]4C[C@@H]34)[C@H]12. The van der Waals surface area contributed by atoms with Crippen LogP contribution in [0.2, 0.25) is 0 Å². The quantitative estimate of drug-likeness (QED) is 0.797.